The van der Waals surface area contributed by atoms with Crippen LogP contribution in [0, 0.1) is 12.3 Å². The fourth-order valence-corrected chi connectivity index (χ4v) is 2.56. The van der Waals surface area contributed by atoms with Crippen molar-refractivity contribution >= 4 is 11.7 Å². The maximum atomic E-state index is 12.9. The number of nitrogens with one attached hydrogen (secondary N) is 1. The fourth-order valence-electron chi connectivity index (χ4n) is 2.56. The summed E-state index contributed by atoms with van der Waals surface area (Å²) in [4.78, 5) is 21.5. The number of nitrogens with zero attached hydrogens (tertiary/aromatic N) is 3. The Bertz CT molecular complexity index is 610. The highest BCUT2D eigenvalue weighted by Gasteiger charge is 2.34. The second-order valence-electron chi connectivity index (χ2n) is 7.16. The number of amides is 1. The lowest BCUT2D eigenvalue weighted by atomic mass is 9.94. The Kier molecular flexibility index (Phi) is 5.05. The highest BCUT2D eigenvalue weighted by Crippen LogP contribution is 2.30. The van der Waals surface area contributed by atoms with Crippen LogP contribution in [0.1, 0.15) is 45.1 Å². The van der Waals surface area contributed by atoms with Crippen molar-refractivity contribution in [2.24, 2.45) is 5.41 Å². The summed E-state index contributed by atoms with van der Waals surface area (Å²) in [5, 5.41) is 2.97. The van der Waals surface area contributed by atoms with E-state index in [1.54, 1.807) is 4.90 Å². The highest BCUT2D eigenvalue weighted by molar-refractivity contribution is 5.81. The van der Waals surface area contributed by atoms with Gasteiger partial charge in [-0.05, 0) is 19.8 Å². The van der Waals surface area contributed by atoms with E-state index in [4.69, 9.17) is 0 Å². The first-order valence-corrected chi connectivity index (χ1v) is 7.95. The first kappa shape index (κ1) is 18.5. The van der Waals surface area contributed by atoms with Gasteiger partial charge in [-0.1, -0.05) is 20.8 Å². The van der Waals surface area contributed by atoms with E-state index in [-0.39, 0.29) is 23.6 Å². The molecule has 1 fully saturated rings. The number of aryl methyl sites for hydroxylation is 1. The number of carbonyl (C=O) groups is 1. The fraction of sp³-hybridized carbons (Fsp3) is 0.688. The van der Waals surface area contributed by atoms with Crippen LogP contribution in [0.15, 0.2) is 6.07 Å². The molecule has 2 heterocycles. The molecular formula is C16H23F3N4O. The van der Waals surface area contributed by atoms with Gasteiger partial charge in [0, 0.05) is 30.6 Å². The lowest BCUT2D eigenvalue weighted by molar-refractivity contribution is -0.141. The molecule has 0 spiro atoms. The third kappa shape index (κ3) is 4.58. The van der Waals surface area contributed by atoms with Crippen LogP contribution in [0.2, 0.25) is 0 Å². The normalized spacial score (nSPS) is 19.3. The number of aromatic nitrogens is 2. The predicted octanol–water partition coefficient (Wildman–Crippen LogP) is 2.93. The van der Waals surface area contributed by atoms with E-state index in [0.29, 0.717) is 13.1 Å². The van der Waals surface area contributed by atoms with E-state index in [1.807, 2.05) is 20.8 Å². The van der Waals surface area contributed by atoms with Crippen LogP contribution in [0.3, 0.4) is 0 Å². The van der Waals surface area contributed by atoms with Gasteiger partial charge in [-0.15, -0.1) is 0 Å². The zero-order valence-corrected chi connectivity index (χ0v) is 14.4. The van der Waals surface area contributed by atoms with Crippen molar-refractivity contribution in [2.75, 3.05) is 18.0 Å². The predicted molar refractivity (Wildman–Crippen MR) is 84.6 cm³/mol. The number of hydrogen-bond acceptors (Lipinski definition) is 4. The van der Waals surface area contributed by atoms with E-state index < -0.39 is 17.3 Å². The molecule has 1 aliphatic heterocycles. The largest absolute Gasteiger partial charge is 0.433 e. The molecule has 1 aromatic heterocycles. The molecule has 0 aromatic carbocycles. The molecule has 0 saturated carbocycles. The van der Waals surface area contributed by atoms with Crippen LogP contribution >= 0.6 is 0 Å². The van der Waals surface area contributed by atoms with E-state index in [9.17, 15) is 18.0 Å². The van der Waals surface area contributed by atoms with Crippen LogP contribution in [0.25, 0.3) is 0 Å². The Hall–Kier alpha value is -1.86. The molecule has 0 radical (unpaired) electrons. The van der Waals surface area contributed by atoms with Crippen molar-refractivity contribution < 1.29 is 18.0 Å². The number of carbonyl (C=O) groups excluding carboxylic acids is 1. The van der Waals surface area contributed by atoms with Gasteiger partial charge in [0.2, 0.25) is 5.91 Å². The number of alkyl halides is 3. The summed E-state index contributed by atoms with van der Waals surface area (Å²) in [5.74, 6) is 0.273. The van der Waals surface area contributed by atoms with Gasteiger partial charge in [-0.2, -0.15) is 13.2 Å². The summed E-state index contributed by atoms with van der Waals surface area (Å²) in [5.41, 5.74) is -1.44. The Morgan fingerprint density at radius 2 is 1.96 bits per heavy atom. The van der Waals surface area contributed by atoms with Crippen molar-refractivity contribution in [3.63, 3.8) is 0 Å². The third-order valence-electron chi connectivity index (χ3n) is 3.88. The Morgan fingerprint density at radius 1 is 1.29 bits per heavy atom. The zero-order chi connectivity index (χ0) is 18.1. The van der Waals surface area contributed by atoms with Crippen molar-refractivity contribution in [2.45, 2.75) is 52.8 Å². The molecule has 1 saturated heterocycles. The second-order valence-corrected chi connectivity index (χ2v) is 7.16. The summed E-state index contributed by atoms with van der Waals surface area (Å²) >= 11 is 0. The van der Waals surface area contributed by atoms with Crippen LogP contribution in [0.4, 0.5) is 19.0 Å². The average molecular weight is 344 g/mol. The van der Waals surface area contributed by atoms with E-state index in [2.05, 4.69) is 15.3 Å². The molecule has 1 amide bonds. The lowest BCUT2D eigenvalue weighted by Gasteiger charge is -2.35. The Morgan fingerprint density at radius 3 is 2.54 bits per heavy atom. The first-order chi connectivity index (χ1) is 11.0. The van der Waals surface area contributed by atoms with Gasteiger partial charge in [0.1, 0.15) is 17.3 Å². The number of piperidine rings is 1. The quantitative estimate of drug-likeness (QED) is 0.896. The minimum atomic E-state index is -4.50. The molecule has 1 aliphatic rings. The Labute approximate surface area is 139 Å². The lowest BCUT2D eigenvalue weighted by Crippen LogP contribution is -2.50. The Balaban J connectivity index is 2.15. The maximum absolute atomic E-state index is 12.9. The minimum absolute atomic E-state index is 0.0656. The number of rotatable bonds is 2. The molecule has 8 heteroatoms. The average Bonchev–Trinajstić information content (AvgIpc) is 2.45. The van der Waals surface area contributed by atoms with E-state index in [1.165, 1.54) is 6.92 Å². The molecule has 5 nitrogen and oxygen atoms in total. The zero-order valence-electron chi connectivity index (χ0n) is 14.4. The van der Waals surface area contributed by atoms with Gasteiger partial charge >= 0.3 is 6.18 Å². The van der Waals surface area contributed by atoms with Crippen molar-refractivity contribution in [3.8, 4) is 0 Å². The SMILES string of the molecule is Cc1nc(N2CCCC(NC(=O)C(C)(C)C)C2)cc(C(F)(F)F)n1. The van der Waals surface area contributed by atoms with Gasteiger partial charge in [0.05, 0.1) is 0 Å². The molecule has 1 aromatic rings. The van der Waals surface area contributed by atoms with Gasteiger partial charge in [0.15, 0.2) is 0 Å². The molecule has 2 rings (SSSR count). The summed E-state index contributed by atoms with van der Waals surface area (Å²) in [6, 6.07) is 0.871. The van der Waals surface area contributed by atoms with E-state index >= 15 is 0 Å². The molecule has 0 aliphatic carbocycles. The monoisotopic (exact) mass is 344 g/mol. The topological polar surface area (TPSA) is 58.1 Å². The number of halogens is 3. The first-order valence-electron chi connectivity index (χ1n) is 7.95. The van der Waals surface area contributed by atoms with Crippen LogP contribution in [0.5, 0.6) is 0 Å². The summed E-state index contributed by atoms with van der Waals surface area (Å²) < 4.78 is 38.8. The van der Waals surface area contributed by atoms with Crippen molar-refractivity contribution in [3.05, 3.63) is 17.6 Å². The minimum Gasteiger partial charge on any atom is -0.354 e. The maximum Gasteiger partial charge on any atom is 0.433 e. The summed E-state index contributed by atoms with van der Waals surface area (Å²) in [6.07, 6.45) is -2.92. The van der Waals surface area contributed by atoms with Crippen molar-refractivity contribution in [1.29, 1.82) is 0 Å². The van der Waals surface area contributed by atoms with Gasteiger partial charge < -0.3 is 10.2 Å². The molecule has 1 unspecified atom stereocenters. The van der Waals surface area contributed by atoms with E-state index in [0.717, 1.165) is 18.9 Å². The summed E-state index contributed by atoms with van der Waals surface area (Å²) in [7, 11) is 0. The second kappa shape index (κ2) is 6.57. The van der Waals surface area contributed by atoms with Crippen LogP contribution < -0.4 is 10.2 Å². The molecule has 24 heavy (non-hydrogen) atoms. The molecule has 0 bridgehead atoms. The van der Waals surface area contributed by atoms with Crippen LogP contribution in [-0.4, -0.2) is 35.0 Å². The molecule has 134 valence electrons. The smallest absolute Gasteiger partial charge is 0.354 e. The number of anilines is 1. The van der Waals surface area contributed by atoms with Crippen LogP contribution in [-0.2, 0) is 11.0 Å². The standard InChI is InChI=1S/C16H23F3N4O/c1-10-20-12(16(17,18)19)8-13(21-10)23-7-5-6-11(9-23)22-14(24)15(2,3)4/h8,11H,5-7,9H2,1-4H3,(H,22,24). The van der Waals surface area contributed by atoms with Crippen molar-refractivity contribution in [1.82, 2.24) is 15.3 Å². The van der Waals surface area contributed by atoms with Gasteiger partial charge in [-0.25, -0.2) is 9.97 Å². The third-order valence-corrected chi connectivity index (χ3v) is 3.88. The summed E-state index contributed by atoms with van der Waals surface area (Å²) in [6.45, 7) is 7.97. The number of hydrogen-bond donors (Lipinski definition) is 1. The highest BCUT2D eigenvalue weighted by atomic mass is 19.4. The molecule has 1 atom stereocenters. The van der Waals surface area contributed by atoms with Gasteiger partial charge in [-0.3, -0.25) is 4.79 Å². The molecular weight excluding hydrogens is 321 g/mol. The molecule has 1 N–H and O–H groups in total. The van der Waals surface area contributed by atoms with Gasteiger partial charge in [0.25, 0.3) is 0 Å².